The Morgan fingerprint density at radius 3 is 2.86 bits per heavy atom. The van der Waals surface area contributed by atoms with Gasteiger partial charge in [0.15, 0.2) is 0 Å². The molecule has 116 valence electrons. The number of ether oxygens (including phenoxy) is 1. The van der Waals surface area contributed by atoms with Gasteiger partial charge in [0, 0.05) is 6.54 Å². The van der Waals surface area contributed by atoms with Crippen LogP contribution in [0.25, 0.3) is 0 Å². The summed E-state index contributed by atoms with van der Waals surface area (Å²) in [5.41, 5.74) is 0.343. The molecule has 0 bridgehead atoms. The molecule has 1 atom stereocenters. The van der Waals surface area contributed by atoms with Gasteiger partial charge in [-0.15, -0.1) is 0 Å². The molecule has 1 aliphatic rings. The average molecular weight is 291 g/mol. The second-order valence-electron chi connectivity index (χ2n) is 6.27. The first-order valence-corrected chi connectivity index (χ1v) is 7.66. The van der Waals surface area contributed by atoms with Gasteiger partial charge in [0.1, 0.15) is 11.3 Å². The summed E-state index contributed by atoms with van der Waals surface area (Å²) in [5.74, 6) is 0.119. The summed E-state index contributed by atoms with van der Waals surface area (Å²) in [4.78, 5) is 13.7. The Morgan fingerprint density at radius 1 is 1.43 bits per heavy atom. The normalized spacial score (nSPS) is 23.2. The second-order valence-corrected chi connectivity index (χ2v) is 6.27. The molecule has 0 amide bonds. The van der Waals surface area contributed by atoms with E-state index in [1.54, 1.807) is 0 Å². The molecular formula is C17H25NO3. The molecule has 0 saturated carbocycles. The van der Waals surface area contributed by atoms with Crippen LogP contribution in [-0.4, -0.2) is 34.2 Å². The number of carbonyl (C=O) groups is 1. The molecule has 0 aliphatic carbocycles. The van der Waals surface area contributed by atoms with Crippen molar-refractivity contribution in [3.05, 3.63) is 29.8 Å². The van der Waals surface area contributed by atoms with Crippen molar-refractivity contribution >= 4 is 5.97 Å². The quantitative estimate of drug-likeness (QED) is 0.904. The van der Waals surface area contributed by atoms with Gasteiger partial charge in [-0.05, 0) is 64.3 Å². The Bertz CT molecular complexity index is 501. The van der Waals surface area contributed by atoms with E-state index in [-0.39, 0.29) is 6.10 Å². The van der Waals surface area contributed by atoms with Gasteiger partial charge in [0.25, 0.3) is 0 Å². The van der Waals surface area contributed by atoms with Gasteiger partial charge in [-0.1, -0.05) is 12.1 Å². The zero-order valence-electron chi connectivity index (χ0n) is 13.1. The highest BCUT2D eigenvalue weighted by atomic mass is 16.5. The number of rotatable bonds is 5. The molecule has 1 aliphatic heterocycles. The largest absolute Gasteiger partial charge is 0.491 e. The van der Waals surface area contributed by atoms with Crippen molar-refractivity contribution in [2.75, 3.05) is 6.54 Å². The molecule has 0 aromatic heterocycles. The topological polar surface area (TPSA) is 49.8 Å². The van der Waals surface area contributed by atoms with E-state index in [1.165, 1.54) is 0 Å². The Morgan fingerprint density at radius 2 is 2.19 bits per heavy atom. The van der Waals surface area contributed by atoms with Crippen LogP contribution in [0.4, 0.5) is 0 Å². The van der Waals surface area contributed by atoms with Crippen LogP contribution in [0.3, 0.4) is 0 Å². The van der Waals surface area contributed by atoms with Crippen LogP contribution in [0.5, 0.6) is 5.75 Å². The smallest absolute Gasteiger partial charge is 0.323 e. The van der Waals surface area contributed by atoms with E-state index in [2.05, 4.69) is 4.90 Å². The van der Waals surface area contributed by atoms with Gasteiger partial charge < -0.3 is 9.84 Å². The zero-order chi connectivity index (χ0) is 15.5. The van der Waals surface area contributed by atoms with Crippen LogP contribution in [0, 0.1) is 0 Å². The summed E-state index contributed by atoms with van der Waals surface area (Å²) in [6.07, 6.45) is 2.89. The maximum Gasteiger partial charge on any atom is 0.323 e. The number of carboxylic acids is 1. The maximum absolute atomic E-state index is 11.6. The van der Waals surface area contributed by atoms with Crippen molar-refractivity contribution in [2.45, 2.75) is 58.2 Å². The molecule has 2 rings (SSSR count). The van der Waals surface area contributed by atoms with Crippen LogP contribution in [0.1, 0.15) is 45.6 Å². The minimum Gasteiger partial charge on any atom is -0.491 e. The fourth-order valence-corrected chi connectivity index (χ4v) is 2.88. The number of likely N-dealkylation sites (tertiary alicyclic amines) is 1. The molecule has 1 saturated heterocycles. The van der Waals surface area contributed by atoms with E-state index < -0.39 is 11.5 Å². The molecule has 1 aromatic rings. The van der Waals surface area contributed by atoms with Gasteiger partial charge in [0.05, 0.1) is 6.10 Å². The number of hydrogen-bond acceptors (Lipinski definition) is 3. The average Bonchev–Trinajstić information content (AvgIpc) is 2.41. The summed E-state index contributed by atoms with van der Waals surface area (Å²) in [6, 6.07) is 7.95. The third-order valence-electron chi connectivity index (χ3n) is 4.14. The van der Waals surface area contributed by atoms with E-state index in [9.17, 15) is 9.90 Å². The van der Waals surface area contributed by atoms with Crippen LogP contribution >= 0.6 is 0 Å². The second kappa shape index (κ2) is 6.48. The lowest BCUT2D eigenvalue weighted by Gasteiger charge is -2.41. The summed E-state index contributed by atoms with van der Waals surface area (Å²) in [7, 11) is 0. The molecule has 4 nitrogen and oxygen atoms in total. The predicted molar refractivity (Wildman–Crippen MR) is 82.5 cm³/mol. The van der Waals surface area contributed by atoms with Gasteiger partial charge in [0.2, 0.25) is 0 Å². The fraction of sp³-hybridized carbons (Fsp3) is 0.588. The number of aliphatic carboxylic acids is 1. The van der Waals surface area contributed by atoms with Gasteiger partial charge >= 0.3 is 5.97 Å². The SMILES string of the molecule is CC(C)Oc1cccc(CN2CCCCC2(C)C(=O)O)c1. The van der Waals surface area contributed by atoms with Gasteiger partial charge in [-0.2, -0.15) is 0 Å². The van der Waals surface area contributed by atoms with Crippen molar-refractivity contribution < 1.29 is 14.6 Å². The Balaban J connectivity index is 2.14. The number of nitrogens with zero attached hydrogens (tertiary/aromatic N) is 1. The Kier molecular flexibility index (Phi) is 4.88. The van der Waals surface area contributed by atoms with E-state index in [0.717, 1.165) is 30.7 Å². The molecule has 1 unspecified atom stereocenters. The van der Waals surface area contributed by atoms with Crippen LogP contribution in [0.15, 0.2) is 24.3 Å². The first-order valence-electron chi connectivity index (χ1n) is 7.66. The van der Waals surface area contributed by atoms with E-state index >= 15 is 0 Å². The highest BCUT2D eigenvalue weighted by Crippen LogP contribution is 2.30. The molecule has 1 fully saturated rings. The summed E-state index contributed by atoms with van der Waals surface area (Å²) in [6.45, 7) is 7.32. The highest BCUT2D eigenvalue weighted by molar-refractivity contribution is 5.78. The van der Waals surface area contributed by atoms with Crippen molar-refractivity contribution in [3.63, 3.8) is 0 Å². The summed E-state index contributed by atoms with van der Waals surface area (Å²) in [5, 5.41) is 9.55. The Labute approximate surface area is 126 Å². The minimum atomic E-state index is -0.757. The first kappa shape index (κ1) is 15.8. The van der Waals surface area contributed by atoms with Gasteiger partial charge in [-0.25, -0.2) is 0 Å². The highest BCUT2D eigenvalue weighted by Gasteiger charge is 2.41. The van der Waals surface area contributed by atoms with E-state index in [1.807, 2.05) is 45.0 Å². The number of piperidine rings is 1. The lowest BCUT2D eigenvalue weighted by atomic mass is 9.88. The number of benzene rings is 1. The molecule has 21 heavy (non-hydrogen) atoms. The van der Waals surface area contributed by atoms with E-state index in [0.29, 0.717) is 13.0 Å². The third kappa shape index (κ3) is 3.76. The standard InChI is InChI=1S/C17H25NO3/c1-13(2)21-15-8-6-7-14(11-15)12-18-10-5-4-9-17(18,3)16(19)20/h6-8,11,13H,4-5,9-10,12H2,1-3H3,(H,19,20). The fourth-order valence-electron chi connectivity index (χ4n) is 2.88. The molecule has 4 heteroatoms. The zero-order valence-corrected chi connectivity index (χ0v) is 13.1. The van der Waals surface area contributed by atoms with Crippen molar-refractivity contribution in [1.29, 1.82) is 0 Å². The van der Waals surface area contributed by atoms with Crippen molar-refractivity contribution in [2.24, 2.45) is 0 Å². The summed E-state index contributed by atoms with van der Waals surface area (Å²) < 4.78 is 5.71. The van der Waals surface area contributed by atoms with Crippen LogP contribution in [-0.2, 0) is 11.3 Å². The van der Waals surface area contributed by atoms with Crippen LogP contribution in [0.2, 0.25) is 0 Å². The third-order valence-corrected chi connectivity index (χ3v) is 4.14. The monoisotopic (exact) mass is 291 g/mol. The predicted octanol–water partition coefficient (Wildman–Crippen LogP) is 3.30. The molecule has 0 spiro atoms. The lowest BCUT2D eigenvalue weighted by molar-refractivity contribution is -0.153. The Hall–Kier alpha value is -1.55. The molecule has 1 N–H and O–H groups in total. The molecule has 0 radical (unpaired) electrons. The number of hydrogen-bond donors (Lipinski definition) is 1. The lowest BCUT2D eigenvalue weighted by Crippen LogP contribution is -2.54. The molecule has 1 heterocycles. The summed E-state index contributed by atoms with van der Waals surface area (Å²) >= 11 is 0. The van der Waals surface area contributed by atoms with E-state index in [4.69, 9.17) is 4.74 Å². The molecular weight excluding hydrogens is 266 g/mol. The van der Waals surface area contributed by atoms with Gasteiger partial charge in [-0.3, -0.25) is 9.69 Å². The van der Waals surface area contributed by atoms with Crippen LogP contribution < -0.4 is 4.74 Å². The maximum atomic E-state index is 11.6. The molecule has 1 aromatic carbocycles. The minimum absolute atomic E-state index is 0.138. The number of carboxylic acid groups (broad SMARTS) is 1. The van der Waals surface area contributed by atoms with Crippen molar-refractivity contribution in [1.82, 2.24) is 4.90 Å². The van der Waals surface area contributed by atoms with Crippen molar-refractivity contribution in [3.8, 4) is 5.75 Å². The first-order chi connectivity index (χ1) is 9.91.